The lowest BCUT2D eigenvalue weighted by Crippen LogP contribution is -2.00. The zero-order valence-corrected chi connectivity index (χ0v) is 12.4. The fraction of sp³-hybridized carbons (Fsp3) is 0.167. The summed E-state index contributed by atoms with van der Waals surface area (Å²) in [5.74, 6) is 0.808. The van der Waals surface area contributed by atoms with Crippen LogP contribution in [0.1, 0.15) is 5.69 Å². The Morgan fingerprint density at radius 3 is 2.76 bits per heavy atom. The number of ether oxygens (including phenoxy) is 1. The minimum absolute atomic E-state index is 0.746. The Kier molecular flexibility index (Phi) is 4.12. The van der Waals surface area contributed by atoms with Gasteiger partial charge in [-0.05, 0) is 50.1 Å². The molecule has 90 valence electrons. The molecule has 1 aromatic carbocycles. The molecule has 2 N–H and O–H groups in total. The third kappa shape index (κ3) is 3.04. The predicted octanol–water partition coefficient (Wildman–Crippen LogP) is 4.16. The van der Waals surface area contributed by atoms with E-state index in [9.17, 15) is 0 Å². The highest BCUT2D eigenvalue weighted by atomic mass is 79.9. The first-order valence-electron chi connectivity index (χ1n) is 5.10. The lowest BCUT2D eigenvalue weighted by molar-refractivity contribution is 0.412. The van der Waals surface area contributed by atoms with Crippen LogP contribution in [0.5, 0.6) is 5.75 Å². The number of H-pyrrole nitrogens is 1. The molecule has 0 aliphatic heterocycles. The molecule has 0 atom stereocenters. The summed E-state index contributed by atoms with van der Waals surface area (Å²) in [5, 5.41) is 3.34. The first-order chi connectivity index (χ1) is 8.20. The topological polar surface area (TPSA) is 37.0 Å². The second-order valence-electron chi connectivity index (χ2n) is 3.52. The van der Waals surface area contributed by atoms with Crippen molar-refractivity contribution in [3.63, 3.8) is 0 Å². The van der Waals surface area contributed by atoms with Crippen molar-refractivity contribution in [2.24, 2.45) is 0 Å². The van der Waals surface area contributed by atoms with Gasteiger partial charge in [-0.15, -0.1) is 0 Å². The lowest BCUT2D eigenvalue weighted by Gasteiger charge is -2.11. The molecule has 0 bridgehead atoms. The van der Waals surface area contributed by atoms with Crippen molar-refractivity contribution in [1.29, 1.82) is 0 Å². The number of aromatic amines is 1. The molecule has 1 heterocycles. The van der Waals surface area contributed by atoms with Crippen molar-refractivity contribution < 1.29 is 4.74 Å². The van der Waals surface area contributed by atoms with Gasteiger partial charge in [-0.2, -0.15) is 0 Å². The van der Waals surface area contributed by atoms with Gasteiger partial charge in [-0.25, -0.2) is 0 Å². The molecule has 0 radical (unpaired) electrons. The quantitative estimate of drug-likeness (QED) is 0.859. The molecule has 0 unspecified atom stereocenters. The number of halogens is 2. The maximum Gasteiger partial charge on any atom is 0.135 e. The van der Waals surface area contributed by atoms with Gasteiger partial charge in [0.2, 0.25) is 0 Å². The van der Waals surface area contributed by atoms with Crippen molar-refractivity contribution in [2.45, 2.75) is 6.54 Å². The molecular weight excluding hydrogens is 348 g/mol. The molecule has 0 saturated carbocycles. The summed E-state index contributed by atoms with van der Waals surface area (Å²) < 4.78 is 7.19. The van der Waals surface area contributed by atoms with Gasteiger partial charge in [0.25, 0.3) is 0 Å². The third-order valence-corrected chi connectivity index (χ3v) is 3.65. The number of anilines is 1. The number of hydrogen-bond acceptors (Lipinski definition) is 2. The van der Waals surface area contributed by atoms with E-state index in [4.69, 9.17) is 4.74 Å². The van der Waals surface area contributed by atoms with Crippen LogP contribution < -0.4 is 10.1 Å². The third-order valence-electron chi connectivity index (χ3n) is 2.37. The largest absolute Gasteiger partial charge is 0.495 e. The van der Waals surface area contributed by atoms with Crippen LogP contribution in [0.4, 0.5) is 5.69 Å². The normalized spacial score (nSPS) is 10.3. The summed E-state index contributed by atoms with van der Waals surface area (Å²) in [6.45, 7) is 0.746. The van der Waals surface area contributed by atoms with Crippen LogP contribution in [-0.2, 0) is 6.54 Å². The highest BCUT2D eigenvalue weighted by Crippen LogP contribution is 2.34. The van der Waals surface area contributed by atoms with E-state index in [0.29, 0.717) is 0 Å². The van der Waals surface area contributed by atoms with Crippen molar-refractivity contribution in [1.82, 2.24) is 4.98 Å². The molecule has 0 saturated heterocycles. The zero-order valence-electron chi connectivity index (χ0n) is 9.26. The van der Waals surface area contributed by atoms with Crippen molar-refractivity contribution >= 4 is 37.5 Å². The van der Waals surface area contributed by atoms with Gasteiger partial charge in [0.1, 0.15) is 5.75 Å². The van der Waals surface area contributed by atoms with Crippen molar-refractivity contribution in [3.05, 3.63) is 45.1 Å². The van der Waals surface area contributed by atoms with Crippen LogP contribution in [0, 0.1) is 0 Å². The van der Waals surface area contributed by atoms with Crippen LogP contribution in [0.2, 0.25) is 0 Å². The summed E-state index contributed by atoms with van der Waals surface area (Å²) >= 11 is 6.96. The van der Waals surface area contributed by atoms with Gasteiger partial charge < -0.3 is 15.0 Å². The molecule has 17 heavy (non-hydrogen) atoms. The first kappa shape index (κ1) is 12.5. The molecule has 0 amide bonds. The van der Waals surface area contributed by atoms with Crippen LogP contribution in [0.15, 0.2) is 39.4 Å². The molecule has 5 heteroatoms. The number of rotatable bonds is 4. The fourth-order valence-electron chi connectivity index (χ4n) is 1.49. The molecule has 0 aliphatic rings. The molecule has 3 nitrogen and oxygen atoms in total. The van der Waals surface area contributed by atoms with E-state index in [-0.39, 0.29) is 0 Å². The van der Waals surface area contributed by atoms with E-state index in [1.165, 1.54) is 0 Å². The number of aromatic nitrogens is 1. The van der Waals surface area contributed by atoms with E-state index in [1.807, 2.05) is 30.5 Å². The molecule has 2 aromatic rings. The second-order valence-corrected chi connectivity index (χ2v) is 5.22. The van der Waals surface area contributed by atoms with Crippen LogP contribution in [-0.4, -0.2) is 12.1 Å². The number of benzene rings is 1. The van der Waals surface area contributed by atoms with E-state index >= 15 is 0 Å². The minimum atomic E-state index is 0.746. The van der Waals surface area contributed by atoms with Crippen molar-refractivity contribution in [3.8, 4) is 5.75 Å². The monoisotopic (exact) mass is 358 g/mol. The van der Waals surface area contributed by atoms with Crippen LogP contribution in [0.3, 0.4) is 0 Å². The van der Waals surface area contributed by atoms with Crippen LogP contribution in [0.25, 0.3) is 0 Å². The predicted molar refractivity (Wildman–Crippen MR) is 76.5 cm³/mol. The van der Waals surface area contributed by atoms with Gasteiger partial charge in [0.15, 0.2) is 0 Å². The summed E-state index contributed by atoms with van der Waals surface area (Å²) in [4.78, 5) is 3.15. The van der Waals surface area contributed by atoms with Gasteiger partial charge in [-0.3, -0.25) is 0 Å². The SMILES string of the molecule is COc1cc(NCc2ccc[nH]2)c(Br)cc1Br. The Hall–Kier alpha value is -0.940. The van der Waals surface area contributed by atoms with Crippen LogP contribution >= 0.6 is 31.9 Å². The highest BCUT2D eigenvalue weighted by Gasteiger charge is 2.06. The maximum atomic E-state index is 5.26. The number of nitrogens with one attached hydrogen (secondary N) is 2. The minimum Gasteiger partial charge on any atom is -0.495 e. The molecule has 1 aromatic heterocycles. The summed E-state index contributed by atoms with van der Waals surface area (Å²) in [6, 6.07) is 7.94. The molecule has 0 spiro atoms. The zero-order chi connectivity index (χ0) is 12.3. The number of hydrogen-bond donors (Lipinski definition) is 2. The van der Waals surface area contributed by atoms with Crippen molar-refractivity contribution in [2.75, 3.05) is 12.4 Å². The van der Waals surface area contributed by atoms with E-state index in [1.54, 1.807) is 7.11 Å². The average Bonchev–Trinajstić information content (AvgIpc) is 2.81. The molecule has 0 aliphatic carbocycles. The average molecular weight is 360 g/mol. The molecule has 2 rings (SSSR count). The van der Waals surface area contributed by atoms with Gasteiger partial charge in [0, 0.05) is 22.4 Å². The Morgan fingerprint density at radius 1 is 1.29 bits per heavy atom. The van der Waals surface area contributed by atoms with Gasteiger partial charge in [-0.1, -0.05) is 0 Å². The van der Waals surface area contributed by atoms with E-state index in [2.05, 4.69) is 42.2 Å². The molecular formula is C12H12Br2N2O. The summed E-state index contributed by atoms with van der Waals surface area (Å²) in [7, 11) is 1.66. The van der Waals surface area contributed by atoms with Gasteiger partial charge in [0.05, 0.1) is 23.8 Å². The second kappa shape index (κ2) is 5.60. The Labute approximate surface area is 117 Å². The number of methoxy groups -OCH3 is 1. The molecule has 0 fully saturated rings. The van der Waals surface area contributed by atoms with Gasteiger partial charge >= 0.3 is 0 Å². The Balaban J connectivity index is 2.15. The summed E-state index contributed by atoms with van der Waals surface area (Å²) in [5.41, 5.74) is 2.14. The standard InChI is InChI=1S/C12H12Br2N2O/c1-17-12-6-11(9(13)5-10(12)14)16-7-8-3-2-4-15-8/h2-6,15-16H,7H2,1H3. The van der Waals surface area contributed by atoms with E-state index in [0.717, 1.165) is 32.6 Å². The fourth-order valence-corrected chi connectivity index (χ4v) is 2.78. The first-order valence-corrected chi connectivity index (χ1v) is 6.68. The summed E-state index contributed by atoms with van der Waals surface area (Å²) in [6.07, 6.45) is 1.91. The lowest BCUT2D eigenvalue weighted by atomic mass is 10.3. The van der Waals surface area contributed by atoms with E-state index < -0.39 is 0 Å². The Morgan fingerprint density at radius 2 is 2.12 bits per heavy atom. The highest BCUT2D eigenvalue weighted by molar-refractivity contribution is 9.11. The smallest absolute Gasteiger partial charge is 0.135 e. The Bertz CT molecular complexity index is 497. The maximum absolute atomic E-state index is 5.26.